The number of anilines is 2. The van der Waals surface area contributed by atoms with Crippen molar-refractivity contribution < 1.29 is 9.59 Å². The van der Waals surface area contributed by atoms with E-state index in [4.69, 9.17) is 0 Å². The monoisotopic (exact) mass is 504 g/mol. The predicted octanol–water partition coefficient (Wildman–Crippen LogP) is 4.80. The van der Waals surface area contributed by atoms with Crippen LogP contribution < -0.4 is 10.6 Å². The number of benzene rings is 2. The number of carbonyl (C=O) groups excluding carboxylic acids is 2. The Morgan fingerprint density at radius 3 is 1.54 bits per heavy atom. The SMILES string of the molecule is O=C(Cc1ccccc1)Nc1nnc([C@@H]2CC[C@H](c3nnc(NC(=O)Cc4ccccc4)s3)C2)s1. The molecule has 2 N–H and O–H groups in total. The van der Waals surface area contributed by atoms with E-state index in [-0.39, 0.29) is 23.7 Å². The zero-order chi connectivity index (χ0) is 24.0. The van der Waals surface area contributed by atoms with E-state index >= 15 is 0 Å². The summed E-state index contributed by atoms with van der Waals surface area (Å²) >= 11 is 2.87. The molecule has 1 fully saturated rings. The van der Waals surface area contributed by atoms with Crippen molar-refractivity contribution in [3.8, 4) is 0 Å². The molecule has 1 aliphatic rings. The summed E-state index contributed by atoms with van der Waals surface area (Å²) in [6.45, 7) is 0. The Hall–Kier alpha value is -3.50. The van der Waals surface area contributed by atoms with E-state index in [0.717, 1.165) is 40.4 Å². The van der Waals surface area contributed by atoms with E-state index in [1.807, 2.05) is 60.7 Å². The van der Waals surface area contributed by atoms with Gasteiger partial charge in [-0.3, -0.25) is 9.59 Å². The predicted molar refractivity (Wildman–Crippen MR) is 137 cm³/mol. The van der Waals surface area contributed by atoms with Gasteiger partial charge in [-0.2, -0.15) is 0 Å². The van der Waals surface area contributed by atoms with Crippen LogP contribution in [0.25, 0.3) is 0 Å². The number of hydrogen-bond acceptors (Lipinski definition) is 8. The summed E-state index contributed by atoms with van der Waals surface area (Å²) < 4.78 is 0. The minimum absolute atomic E-state index is 0.0982. The lowest BCUT2D eigenvalue weighted by atomic mass is 10.1. The molecule has 0 unspecified atom stereocenters. The first-order valence-electron chi connectivity index (χ1n) is 11.5. The van der Waals surface area contributed by atoms with E-state index in [2.05, 4.69) is 31.0 Å². The average Bonchev–Trinajstić information content (AvgIpc) is 3.61. The molecule has 0 saturated heterocycles. The highest BCUT2D eigenvalue weighted by molar-refractivity contribution is 7.15. The zero-order valence-electron chi connectivity index (χ0n) is 18.9. The van der Waals surface area contributed by atoms with Crippen LogP contribution in [0.2, 0.25) is 0 Å². The molecule has 2 aromatic heterocycles. The summed E-state index contributed by atoms with van der Waals surface area (Å²) in [7, 11) is 0. The van der Waals surface area contributed by atoms with Gasteiger partial charge in [0.15, 0.2) is 0 Å². The van der Waals surface area contributed by atoms with Crippen LogP contribution in [0.4, 0.5) is 10.3 Å². The van der Waals surface area contributed by atoms with Crippen molar-refractivity contribution in [2.45, 2.75) is 43.9 Å². The highest BCUT2D eigenvalue weighted by Gasteiger charge is 2.32. The summed E-state index contributed by atoms with van der Waals surface area (Å²) in [5.41, 5.74) is 1.92. The number of nitrogens with one attached hydrogen (secondary N) is 2. The maximum Gasteiger partial charge on any atom is 0.230 e. The number of aromatic nitrogens is 4. The first-order valence-corrected chi connectivity index (χ1v) is 13.1. The molecule has 1 saturated carbocycles. The second kappa shape index (κ2) is 10.8. The Bertz CT molecular complexity index is 1190. The van der Waals surface area contributed by atoms with Gasteiger partial charge in [-0.05, 0) is 30.4 Å². The summed E-state index contributed by atoms with van der Waals surface area (Å²) in [6, 6.07) is 19.2. The molecule has 0 aliphatic heterocycles. The fraction of sp³-hybridized carbons (Fsp3) is 0.280. The summed E-state index contributed by atoms with van der Waals surface area (Å²) in [5.74, 6) is 0.354. The van der Waals surface area contributed by atoms with Crippen LogP contribution in [-0.2, 0) is 22.4 Å². The highest BCUT2D eigenvalue weighted by atomic mass is 32.1. The fourth-order valence-electron chi connectivity index (χ4n) is 4.22. The molecule has 5 rings (SSSR count). The Kier molecular flexibility index (Phi) is 7.20. The Morgan fingerprint density at radius 1 is 0.686 bits per heavy atom. The van der Waals surface area contributed by atoms with Gasteiger partial charge >= 0.3 is 0 Å². The van der Waals surface area contributed by atoms with Crippen LogP contribution in [0.15, 0.2) is 60.7 Å². The zero-order valence-corrected chi connectivity index (χ0v) is 20.5. The third-order valence-corrected chi connectivity index (χ3v) is 7.92. The van der Waals surface area contributed by atoms with Gasteiger partial charge in [-0.1, -0.05) is 83.3 Å². The van der Waals surface area contributed by atoms with Crippen molar-refractivity contribution in [2.75, 3.05) is 10.6 Å². The van der Waals surface area contributed by atoms with E-state index in [9.17, 15) is 9.59 Å². The number of carbonyl (C=O) groups is 2. The lowest BCUT2D eigenvalue weighted by Gasteiger charge is -2.05. The molecule has 8 nitrogen and oxygen atoms in total. The van der Waals surface area contributed by atoms with Gasteiger partial charge in [0.25, 0.3) is 0 Å². The summed E-state index contributed by atoms with van der Waals surface area (Å²) in [6.07, 6.45) is 3.48. The standard InChI is InChI=1S/C25H24N6O2S2/c32-20(13-16-7-3-1-4-8-16)26-24-30-28-22(34-24)18-11-12-19(15-18)23-29-31-25(35-23)27-21(33)14-17-9-5-2-6-10-17/h1-10,18-19H,11-15H2,(H,26,30,32)(H,27,31,33)/t18-,19+. The van der Waals surface area contributed by atoms with Crippen LogP contribution >= 0.6 is 22.7 Å². The van der Waals surface area contributed by atoms with Crippen LogP contribution in [0.1, 0.15) is 52.2 Å². The molecule has 0 spiro atoms. The smallest absolute Gasteiger partial charge is 0.230 e. The molecule has 10 heteroatoms. The quantitative estimate of drug-likeness (QED) is 0.357. The van der Waals surface area contributed by atoms with Gasteiger partial charge in [0.2, 0.25) is 22.1 Å². The van der Waals surface area contributed by atoms with Crippen molar-refractivity contribution in [1.82, 2.24) is 20.4 Å². The average molecular weight is 505 g/mol. The Balaban J connectivity index is 1.13. The number of rotatable bonds is 8. The van der Waals surface area contributed by atoms with E-state index in [1.54, 1.807) is 0 Å². The van der Waals surface area contributed by atoms with Crippen molar-refractivity contribution in [3.05, 3.63) is 81.8 Å². The minimum Gasteiger partial charge on any atom is -0.300 e. The maximum absolute atomic E-state index is 12.3. The topological polar surface area (TPSA) is 110 Å². The lowest BCUT2D eigenvalue weighted by Crippen LogP contribution is -2.14. The summed E-state index contributed by atoms with van der Waals surface area (Å²) in [4.78, 5) is 24.6. The van der Waals surface area contributed by atoms with Crippen molar-refractivity contribution >= 4 is 44.8 Å². The molecular weight excluding hydrogens is 480 g/mol. The normalized spacial score (nSPS) is 17.3. The molecule has 4 aromatic rings. The molecular formula is C25H24N6O2S2. The second-order valence-corrected chi connectivity index (χ2v) is 10.5. The first kappa shape index (κ1) is 23.3. The maximum atomic E-state index is 12.3. The largest absolute Gasteiger partial charge is 0.300 e. The highest BCUT2D eigenvalue weighted by Crippen LogP contribution is 2.45. The van der Waals surface area contributed by atoms with Gasteiger partial charge in [-0.25, -0.2) is 0 Å². The van der Waals surface area contributed by atoms with Crippen LogP contribution in [-0.4, -0.2) is 32.2 Å². The first-order chi connectivity index (χ1) is 17.1. The summed E-state index contributed by atoms with van der Waals surface area (Å²) in [5, 5.41) is 25.7. The van der Waals surface area contributed by atoms with E-state index < -0.39 is 0 Å². The van der Waals surface area contributed by atoms with Crippen LogP contribution in [0.3, 0.4) is 0 Å². The molecule has 2 atom stereocenters. The van der Waals surface area contributed by atoms with E-state index in [1.165, 1.54) is 22.7 Å². The van der Waals surface area contributed by atoms with Crippen molar-refractivity contribution in [2.24, 2.45) is 0 Å². The Morgan fingerprint density at radius 2 is 1.11 bits per heavy atom. The van der Waals surface area contributed by atoms with Crippen molar-refractivity contribution in [3.63, 3.8) is 0 Å². The van der Waals surface area contributed by atoms with Crippen LogP contribution in [0.5, 0.6) is 0 Å². The third-order valence-electron chi connectivity index (χ3n) is 5.92. The van der Waals surface area contributed by atoms with Gasteiger partial charge in [0.1, 0.15) is 10.0 Å². The van der Waals surface area contributed by atoms with Crippen LogP contribution in [0, 0.1) is 0 Å². The molecule has 0 radical (unpaired) electrons. The third kappa shape index (κ3) is 6.14. The van der Waals surface area contributed by atoms with E-state index in [0.29, 0.717) is 23.1 Å². The minimum atomic E-state index is -0.0982. The number of amides is 2. The second-order valence-electron chi connectivity index (χ2n) is 8.52. The van der Waals surface area contributed by atoms with Gasteiger partial charge in [-0.15, -0.1) is 20.4 Å². The molecule has 178 valence electrons. The van der Waals surface area contributed by atoms with Gasteiger partial charge in [0.05, 0.1) is 12.8 Å². The van der Waals surface area contributed by atoms with Gasteiger partial charge < -0.3 is 10.6 Å². The molecule has 1 aliphatic carbocycles. The molecule has 35 heavy (non-hydrogen) atoms. The molecule has 0 bridgehead atoms. The molecule has 2 aromatic carbocycles. The van der Waals surface area contributed by atoms with Gasteiger partial charge in [0, 0.05) is 11.8 Å². The number of nitrogens with zero attached hydrogens (tertiary/aromatic N) is 4. The fourth-order valence-corrected chi connectivity index (χ4v) is 6.03. The van der Waals surface area contributed by atoms with Crippen molar-refractivity contribution in [1.29, 1.82) is 0 Å². The number of hydrogen-bond donors (Lipinski definition) is 2. The molecule has 2 amide bonds. The Labute approximate surface area is 210 Å². The lowest BCUT2D eigenvalue weighted by molar-refractivity contribution is -0.116. The molecule has 2 heterocycles.